The number of halogens is 2. The van der Waals surface area contributed by atoms with Gasteiger partial charge in [-0.25, -0.2) is 13.6 Å². The average molecular weight is 297 g/mol. The van der Waals surface area contributed by atoms with Crippen molar-refractivity contribution in [3.8, 4) is 0 Å². The standard InChI is InChI=1S/C16H21F2NO2/c1-16(2,3)21-15(20)19-6-4-11(5-7-19)12-8-13(17)10-14(18)9-12/h8-11H,4-7H2,1-3H3. The van der Waals surface area contributed by atoms with E-state index in [2.05, 4.69) is 0 Å². The van der Waals surface area contributed by atoms with Gasteiger partial charge in [0.05, 0.1) is 0 Å². The monoisotopic (exact) mass is 297 g/mol. The van der Waals surface area contributed by atoms with Gasteiger partial charge in [0.15, 0.2) is 0 Å². The normalized spacial score (nSPS) is 16.9. The second kappa shape index (κ2) is 6.00. The number of hydrogen-bond donors (Lipinski definition) is 0. The first-order chi connectivity index (χ1) is 9.74. The number of rotatable bonds is 1. The third-order valence-corrected chi connectivity index (χ3v) is 3.50. The van der Waals surface area contributed by atoms with Gasteiger partial charge < -0.3 is 9.64 Å². The number of carbonyl (C=O) groups excluding carboxylic acids is 1. The molecule has 3 nitrogen and oxygen atoms in total. The number of amides is 1. The fraction of sp³-hybridized carbons (Fsp3) is 0.562. The smallest absolute Gasteiger partial charge is 0.410 e. The molecule has 1 aliphatic heterocycles. The minimum Gasteiger partial charge on any atom is -0.444 e. The van der Waals surface area contributed by atoms with Crippen LogP contribution in [0.3, 0.4) is 0 Å². The summed E-state index contributed by atoms with van der Waals surface area (Å²) >= 11 is 0. The molecule has 21 heavy (non-hydrogen) atoms. The quantitative estimate of drug-likeness (QED) is 0.781. The van der Waals surface area contributed by atoms with Crippen molar-refractivity contribution in [1.82, 2.24) is 4.90 Å². The molecule has 1 aromatic carbocycles. The summed E-state index contributed by atoms with van der Waals surface area (Å²) in [4.78, 5) is 13.6. The molecule has 5 heteroatoms. The molecule has 0 saturated carbocycles. The predicted molar refractivity (Wildman–Crippen MR) is 76.1 cm³/mol. The molecule has 0 radical (unpaired) electrons. The van der Waals surface area contributed by atoms with Gasteiger partial charge in [0.25, 0.3) is 0 Å². The van der Waals surface area contributed by atoms with Crippen molar-refractivity contribution in [2.45, 2.75) is 45.1 Å². The molecule has 1 fully saturated rings. The molecule has 0 bridgehead atoms. The summed E-state index contributed by atoms with van der Waals surface area (Å²) in [5.74, 6) is -1.03. The van der Waals surface area contributed by atoms with Crippen LogP contribution >= 0.6 is 0 Å². The van der Waals surface area contributed by atoms with Gasteiger partial charge in [-0.15, -0.1) is 0 Å². The SMILES string of the molecule is CC(C)(C)OC(=O)N1CCC(c2cc(F)cc(F)c2)CC1. The van der Waals surface area contributed by atoms with Gasteiger partial charge in [-0.2, -0.15) is 0 Å². The molecule has 0 N–H and O–H groups in total. The zero-order valence-corrected chi connectivity index (χ0v) is 12.7. The fourth-order valence-corrected chi connectivity index (χ4v) is 2.53. The third kappa shape index (κ3) is 4.41. The van der Waals surface area contributed by atoms with Crippen LogP contribution in [0.25, 0.3) is 0 Å². The van der Waals surface area contributed by atoms with Crippen molar-refractivity contribution in [2.75, 3.05) is 13.1 Å². The summed E-state index contributed by atoms with van der Waals surface area (Å²) in [5, 5.41) is 0. The molecule has 1 heterocycles. The maximum absolute atomic E-state index is 13.2. The molecule has 1 saturated heterocycles. The Labute approximate surface area is 123 Å². The topological polar surface area (TPSA) is 29.5 Å². The molecule has 1 amide bonds. The van der Waals surface area contributed by atoms with E-state index < -0.39 is 17.2 Å². The lowest BCUT2D eigenvalue weighted by molar-refractivity contribution is 0.0204. The molecule has 0 atom stereocenters. The molecule has 1 aliphatic rings. The van der Waals surface area contributed by atoms with E-state index in [1.165, 1.54) is 12.1 Å². The van der Waals surface area contributed by atoms with Gasteiger partial charge in [0, 0.05) is 19.2 Å². The second-order valence-electron chi connectivity index (χ2n) is 6.44. The first-order valence-corrected chi connectivity index (χ1v) is 7.18. The van der Waals surface area contributed by atoms with Crippen molar-refractivity contribution in [3.05, 3.63) is 35.4 Å². The molecule has 2 rings (SSSR count). The Morgan fingerprint density at radius 3 is 2.14 bits per heavy atom. The van der Waals surface area contributed by atoms with Crippen LogP contribution < -0.4 is 0 Å². The van der Waals surface area contributed by atoms with Gasteiger partial charge in [0.2, 0.25) is 0 Å². The zero-order valence-electron chi connectivity index (χ0n) is 12.7. The van der Waals surface area contributed by atoms with Crippen molar-refractivity contribution in [2.24, 2.45) is 0 Å². The van der Waals surface area contributed by atoms with Crippen LogP contribution in [-0.4, -0.2) is 29.7 Å². The van der Waals surface area contributed by atoms with E-state index in [9.17, 15) is 13.6 Å². The Morgan fingerprint density at radius 1 is 1.14 bits per heavy atom. The molecular formula is C16H21F2NO2. The number of likely N-dealkylation sites (tertiary alicyclic amines) is 1. The van der Waals surface area contributed by atoms with Gasteiger partial charge in [-0.1, -0.05) is 0 Å². The molecule has 0 spiro atoms. The van der Waals surface area contributed by atoms with Gasteiger partial charge in [0.1, 0.15) is 17.2 Å². The Hall–Kier alpha value is -1.65. The van der Waals surface area contributed by atoms with E-state index in [1.807, 2.05) is 20.8 Å². The van der Waals surface area contributed by atoms with Crippen molar-refractivity contribution >= 4 is 6.09 Å². The van der Waals surface area contributed by atoms with Crippen LogP contribution in [0.2, 0.25) is 0 Å². The Morgan fingerprint density at radius 2 is 1.67 bits per heavy atom. The van der Waals surface area contributed by atoms with E-state index in [0.717, 1.165) is 6.07 Å². The lowest BCUT2D eigenvalue weighted by atomic mass is 9.89. The van der Waals surface area contributed by atoms with Crippen LogP contribution in [-0.2, 0) is 4.74 Å². The summed E-state index contributed by atoms with van der Waals surface area (Å²) in [6, 6.07) is 3.62. The number of ether oxygens (including phenoxy) is 1. The highest BCUT2D eigenvalue weighted by atomic mass is 19.1. The van der Waals surface area contributed by atoms with Gasteiger partial charge in [-0.3, -0.25) is 0 Å². The Kier molecular flexibility index (Phi) is 4.49. The highest BCUT2D eigenvalue weighted by Gasteiger charge is 2.27. The molecular weight excluding hydrogens is 276 g/mol. The van der Waals surface area contributed by atoms with E-state index in [1.54, 1.807) is 4.90 Å². The van der Waals surface area contributed by atoms with Crippen LogP contribution in [0.15, 0.2) is 18.2 Å². The first kappa shape index (κ1) is 15.7. The molecule has 116 valence electrons. The summed E-state index contributed by atoms with van der Waals surface area (Å²) in [6.45, 7) is 6.56. The van der Waals surface area contributed by atoms with Crippen LogP contribution in [0.4, 0.5) is 13.6 Å². The molecule has 1 aromatic rings. The Balaban J connectivity index is 1.95. The minimum absolute atomic E-state index is 0.0777. The summed E-state index contributed by atoms with van der Waals surface area (Å²) in [7, 11) is 0. The lowest BCUT2D eigenvalue weighted by Gasteiger charge is -2.33. The number of hydrogen-bond acceptors (Lipinski definition) is 2. The maximum atomic E-state index is 13.2. The zero-order chi connectivity index (χ0) is 15.6. The predicted octanol–water partition coefficient (Wildman–Crippen LogP) is 4.08. The summed E-state index contributed by atoms with van der Waals surface area (Å²) in [5.41, 5.74) is 0.149. The van der Waals surface area contributed by atoms with Crippen molar-refractivity contribution in [3.63, 3.8) is 0 Å². The van der Waals surface area contributed by atoms with Crippen LogP contribution in [0.5, 0.6) is 0 Å². The lowest BCUT2D eigenvalue weighted by Crippen LogP contribution is -2.41. The number of piperidine rings is 1. The number of carbonyl (C=O) groups is 1. The second-order valence-corrected chi connectivity index (χ2v) is 6.44. The third-order valence-electron chi connectivity index (χ3n) is 3.50. The molecule has 0 aliphatic carbocycles. The van der Waals surface area contributed by atoms with E-state index in [4.69, 9.17) is 4.74 Å². The highest BCUT2D eigenvalue weighted by molar-refractivity contribution is 5.68. The van der Waals surface area contributed by atoms with E-state index in [0.29, 0.717) is 31.5 Å². The van der Waals surface area contributed by atoms with Crippen LogP contribution in [0.1, 0.15) is 45.1 Å². The molecule has 0 unspecified atom stereocenters. The Bertz CT molecular complexity index is 497. The average Bonchev–Trinajstić information content (AvgIpc) is 2.35. The number of benzene rings is 1. The largest absolute Gasteiger partial charge is 0.444 e. The van der Waals surface area contributed by atoms with Crippen LogP contribution in [0, 0.1) is 11.6 Å². The number of nitrogens with zero attached hydrogens (tertiary/aromatic N) is 1. The van der Waals surface area contributed by atoms with Gasteiger partial charge >= 0.3 is 6.09 Å². The summed E-state index contributed by atoms with van der Waals surface area (Å²) < 4.78 is 31.8. The fourth-order valence-electron chi connectivity index (χ4n) is 2.53. The van der Waals surface area contributed by atoms with Gasteiger partial charge in [-0.05, 0) is 57.2 Å². The van der Waals surface area contributed by atoms with Crippen molar-refractivity contribution in [1.29, 1.82) is 0 Å². The molecule has 0 aromatic heterocycles. The summed E-state index contributed by atoms with van der Waals surface area (Å²) in [6.07, 6.45) is 1.04. The van der Waals surface area contributed by atoms with E-state index in [-0.39, 0.29) is 12.0 Å². The first-order valence-electron chi connectivity index (χ1n) is 7.18. The van der Waals surface area contributed by atoms with Crippen molar-refractivity contribution < 1.29 is 18.3 Å². The minimum atomic E-state index is -0.556. The van der Waals surface area contributed by atoms with E-state index >= 15 is 0 Å². The maximum Gasteiger partial charge on any atom is 0.410 e. The highest BCUT2D eigenvalue weighted by Crippen LogP contribution is 2.29.